The van der Waals surface area contributed by atoms with Crippen LogP contribution in [0.1, 0.15) is 79.4 Å². The van der Waals surface area contributed by atoms with E-state index in [1.165, 1.54) is 0 Å². The van der Waals surface area contributed by atoms with Crippen LogP contribution in [-0.4, -0.2) is 41.2 Å². The summed E-state index contributed by atoms with van der Waals surface area (Å²) in [5.74, 6) is 0. The van der Waals surface area contributed by atoms with E-state index in [1.807, 2.05) is 36.7 Å². The molecule has 4 aromatic rings. The van der Waals surface area contributed by atoms with Crippen molar-refractivity contribution in [3.8, 4) is 22.5 Å². The van der Waals surface area contributed by atoms with Crippen LogP contribution in [0.25, 0.3) is 22.5 Å². The molecule has 0 bridgehead atoms. The number of halogens is 4. The number of carbonyl (C=O) groups excluding carboxylic acids is 2. The van der Waals surface area contributed by atoms with E-state index in [2.05, 4.69) is 41.4 Å². The fourth-order valence-corrected chi connectivity index (χ4v) is 5.06. The monoisotopic (exact) mass is 658 g/mol. The second kappa shape index (κ2) is 18.7. The number of aliphatic hydroxyl groups excluding tert-OH is 1. The third-order valence-electron chi connectivity index (χ3n) is 5.60. The van der Waals surface area contributed by atoms with Gasteiger partial charge in [-0.2, -0.15) is 9.59 Å². The third-order valence-corrected chi connectivity index (χ3v) is 6.86. The highest BCUT2D eigenvalue weighted by Crippen LogP contribution is 2.37. The van der Waals surface area contributed by atoms with Gasteiger partial charge < -0.3 is 5.11 Å². The maximum Gasteiger partial charge on any atom is 0.373 e. The smallest absolute Gasteiger partial charge is 0.373 e. The Morgan fingerprint density at radius 3 is 1.38 bits per heavy atom. The van der Waals surface area contributed by atoms with E-state index in [0.717, 1.165) is 29.8 Å². The summed E-state index contributed by atoms with van der Waals surface area (Å²) in [6.45, 7) is 10.1. The van der Waals surface area contributed by atoms with Crippen LogP contribution in [0.4, 0.5) is 0 Å². The fourth-order valence-electron chi connectivity index (χ4n) is 3.91. The van der Waals surface area contributed by atoms with Gasteiger partial charge in [0.1, 0.15) is 11.4 Å². The van der Waals surface area contributed by atoms with Crippen LogP contribution in [0.3, 0.4) is 0 Å². The van der Waals surface area contributed by atoms with Crippen molar-refractivity contribution >= 4 is 52.6 Å². The highest BCUT2D eigenvalue weighted by molar-refractivity contribution is 6.39. The Kier molecular flexibility index (Phi) is 17.5. The van der Waals surface area contributed by atoms with Crippen molar-refractivity contribution in [1.29, 1.82) is 0 Å². The number of aliphatic hydroxyl groups is 1. The molecule has 230 valence electrons. The van der Waals surface area contributed by atoms with Crippen LogP contribution < -0.4 is 0 Å². The molecule has 0 saturated heterocycles. The molecule has 4 rings (SSSR count). The molecule has 0 fully saturated rings. The lowest BCUT2D eigenvalue weighted by Gasteiger charge is -2.11. The Morgan fingerprint density at radius 2 is 1.07 bits per heavy atom. The second-order valence-corrected chi connectivity index (χ2v) is 10.7. The molecule has 0 aliphatic rings. The number of aromatic nitrogens is 6. The number of benzene rings is 2. The SMILES string of the molecule is C.C.CC(C)n1nnc(-c2c(Cl)cccc2Cl)c1CO.CCCc1c(-c2c(Cl)cccc2Cl)nnn1C(C)C.O=C=O. The topological polar surface area (TPSA) is 116 Å². The van der Waals surface area contributed by atoms with Crippen LogP contribution in [0, 0.1) is 0 Å². The lowest BCUT2D eigenvalue weighted by molar-refractivity contribution is -0.191. The van der Waals surface area contributed by atoms with Gasteiger partial charge in [0.2, 0.25) is 0 Å². The molecule has 13 heteroatoms. The minimum absolute atomic E-state index is 0. The Hall–Kier alpha value is -2.78. The van der Waals surface area contributed by atoms with Crippen molar-refractivity contribution in [2.75, 3.05) is 0 Å². The summed E-state index contributed by atoms with van der Waals surface area (Å²) >= 11 is 24.8. The summed E-state index contributed by atoms with van der Waals surface area (Å²) in [4.78, 5) is 16.2. The van der Waals surface area contributed by atoms with Gasteiger partial charge >= 0.3 is 6.15 Å². The van der Waals surface area contributed by atoms with E-state index in [0.29, 0.717) is 37.0 Å². The molecule has 0 saturated carbocycles. The normalized spacial score (nSPS) is 10.1. The van der Waals surface area contributed by atoms with Gasteiger partial charge in [-0.3, -0.25) is 0 Å². The molecule has 0 amide bonds. The molecule has 0 aliphatic heterocycles. The van der Waals surface area contributed by atoms with E-state index in [-0.39, 0.29) is 39.7 Å². The lowest BCUT2D eigenvalue weighted by Crippen LogP contribution is -2.08. The van der Waals surface area contributed by atoms with E-state index < -0.39 is 0 Å². The predicted molar refractivity (Wildman–Crippen MR) is 170 cm³/mol. The van der Waals surface area contributed by atoms with Gasteiger partial charge in [-0.05, 0) is 58.4 Å². The molecule has 42 heavy (non-hydrogen) atoms. The summed E-state index contributed by atoms with van der Waals surface area (Å²) in [6, 6.07) is 11.1. The summed E-state index contributed by atoms with van der Waals surface area (Å²) in [7, 11) is 0. The van der Waals surface area contributed by atoms with Crippen LogP contribution in [-0.2, 0) is 22.6 Å². The predicted octanol–water partition coefficient (Wildman–Crippen LogP) is 8.80. The molecular formula is C29H38Cl4N6O3. The van der Waals surface area contributed by atoms with Crippen LogP contribution >= 0.6 is 46.4 Å². The van der Waals surface area contributed by atoms with Gasteiger partial charge in [-0.15, -0.1) is 10.2 Å². The van der Waals surface area contributed by atoms with Gasteiger partial charge in [0, 0.05) is 23.2 Å². The number of hydrogen-bond donors (Lipinski definition) is 1. The molecule has 9 nitrogen and oxygen atoms in total. The summed E-state index contributed by atoms with van der Waals surface area (Å²) in [6.07, 6.45) is 2.18. The molecule has 2 aromatic carbocycles. The zero-order chi connectivity index (χ0) is 30.0. The first-order valence-electron chi connectivity index (χ1n) is 12.4. The summed E-state index contributed by atoms with van der Waals surface area (Å²) in [5, 5.41) is 28.4. The van der Waals surface area contributed by atoms with Crippen molar-refractivity contribution in [3.63, 3.8) is 0 Å². The first kappa shape index (κ1) is 39.2. The minimum atomic E-state index is -0.165. The third kappa shape index (κ3) is 9.36. The average molecular weight is 660 g/mol. The van der Waals surface area contributed by atoms with Gasteiger partial charge in [0.05, 0.1) is 38.1 Å². The minimum Gasteiger partial charge on any atom is -0.390 e. The van der Waals surface area contributed by atoms with Gasteiger partial charge in [-0.1, -0.05) is 97.2 Å². The first-order valence-corrected chi connectivity index (χ1v) is 13.9. The highest BCUT2D eigenvalue weighted by Gasteiger charge is 2.21. The zero-order valence-corrected chi connectivity index (χ0v) is 25.7. The Bertz CT molecular complexity index is 1410. The molecule has 0 aliphatic carbocycles. The van der Waals surface area contributed by atoms with Gasteiger partial charge in [-0.25, -0.2) is 9.36 Å². The first-order chi connectivity index (χ1) is 19.0. The van der Waals surface area contributed by atoms with E-state index >= 15 is 0 Å². The highest BCUT2D eigenvalue weighted by atomic mass is 35.5. The summed E-state index contributed by atoms with van der Waals surface area (Å²) in [5.41, 5.74) is 4.42. The maximum atomic E-state index is 9.49. The Morgan fingerprint density at radius 1 is 0.738 bits per heavy atom. The van der Waals surface area contributed by atoms with Crippen molar-refractivity contribution in [2.24, 2.45) is 0 Å². The molecule has 2 aromatic heterocycles. The molecular weight excluding hydrogens is 622 g/mol. The van der Waals surface area contributed by atoms with Crippen molar-refractivity contribution < 1.29 is 14.7 Å². The fraction of sp³-hybridized carbons (Fsp3) is 0.414. The largest absolute Gasteiger partial charge is 0.390 e. The van der Waals surface area contributed by atoms with E-state index in [9.17, 15) is 5.11 Å². The van der Waals surface area contributed by atoms with Gasteiger partial charge in [0.25, 0.3) is 0 Å². The molecule has 0 spiro atoms. The lowest BCUT2D eigenvalue weighted by atomic mass is 10.1. The quantitative estimate of drug-likeness (QED) is 0.211. The second-order valence-electron chi connectivity index (χ2n) is 9.03. The maximum absolute atomic E-state index is 9.49. The number of nitrogens with zero attached hydrogens (tertiary/aromatic N) is 6. The average Bonchev–Trinajstić information content (AvgIpc) is 3.50. The van der Waals surface area contributed by atoms with Crippen LogP contribution in [0.15, 0.2) is 36.4 Å². The molecule has 0 atom stereocenters. The van der Waals surface area contributed by atoms with Crippen molar-refractivity contribution in [2.45, 2.75) is 81.0 Å². The Labute approximate surface area is 267 Å². The van der Waals surface area contributed by atoms with Crippen LogP contribution in [0.5, 0.6) is 0 Å². The van der Waals surface area contributed by atoms with Crippen molar-refractivity contribution in [3.05, 3.63) is 67.9 Å². The zero-order valence-electron chi connectivity index (χ0n) is 22.7. The van der Waals surface area contributed by atoms with Gasteiger partial charge in [0.15, 0.2) is 0 Å². The molecule has 0 radical (unpaired) electrons. The van der Waals surface area contributed by atoms with E-state index in [4.69, 9.17) is 56.0 Å². The number of hydrogen-bond acceptors (Lipinski definition) is 7. The standard InChI is InChI=1S/C14H17Cl2N3.C12H13Cl2N3O.CO2.2CH4/c1-4-6-12-14(17-18-19(12)9(2)3)13-10(15)7-5-8-11(13)16;1-7(2)17-10(6-18)12(15-16-17)11-8(13)4-3-5-9(11)14;2-1-3;;/h5,7-9H,4,6H2,1-3H3;3-5,7,18H,6H2,1-2H3;;2*1H4. The number of rotatable bonds is 7. The van der Waals surface area contributed by atoms with Crippen LogP contribution in [0.2, 0.25) is 20.1 Å². The summed E-state index contributed by atoms with van der Waals surface area (Å²) < 4.78 is 3.60. The van der Waals surface area contributed by atoms with E-state index in [1.54, 1.807) is 22.9 Å². The molecule has 1 N–H and O–H groups in total. The molecule has 2 heterocycles. The molecule has 0 unspecified atom stereocenters. The van der Waals surface area contributed by atoms with Crippen molar-refractivity contribution in [1.82, 2.24) is 30.0 Å². The Balaban J connectivity index is 0.000000702.